The SMILES string of the molecule is Cc1cc2nc(N)sc2c(C)c1NC(=O)c1cccc(Br)c1. The van der Waals surface area contributed by atoms with Crippen molar-refractivity contribution in [3.63, 3.8) is 0 Å². The summed E-state index contributed by atoms with van der Waals surface area (Å²) in [7, 11) is 0. The minimum atomic E-state index is -0.135. The molecule has 112 valence electrons. The van der Waals surface area contributed by atoms with Gasteiger partial charge in [0.1, 0.15) is 0 Å². The number of thiazole rings is 1. The average Bonchev–Trinajstić information content (AvgIpc) is 2.84. The van der Waals surface area contributed by atoms with Crippen molar-refractivity contribution in [3.05, 3.63) is 51.5 Å². The lowest BCUT2D eigenvalue weighted by Crippen LogP contribution is -2.13. The van der Waals surface area contributed by atoms with Crippen molar-refractivity contribution in [2.45, 2.75) is 13.8 Å². The second kappa shape index (κ2) is 5.70. The van der Waals surface area contributed by atoms with Crippen molar-refractivity contribution in [3.8, 4) is 0 Å². The van der Waals surface area contributed by atoms with Crippen LogP contribution in [0.2, 0.25) is 0 Å². The van der Waals surface area contributed by atoms with Gasteiger partial charge in [-0.05, 0) is 49.2 Å². The van der Waals surface area contributed by atoms with Crippen molar-refractivity contribution < 1.29 is 4.79 Å². The van der Waals surface area contributed by atoms with Gasteiger partial charge >= 0.3 is 0 Å². The maximum Gasteiger partial charge on any atom is 0.255 e. The topological polar surface area (TPSA) is 68.0 Å². The maximum absolute atomic E-state index is 12.4. The fourth-order valence-electron chi connectivity index (χ4n) is 2.41. The smallest absolute Gasteiger partial charge is 0.255 e. The van der Waals surface area contributed by atoms with E-state index in [0.717, 1.165) is 31.5 Å². The summed E-state index contributed by atoms with van der Waals surface area (Å²) in [6.45, 7) is 3.93. The zero-order chi connectivity index (χ0) is 15.9. The Bertz CT molecular complexity index is 888. The van der Waals surface area contributed by atoms with Crippen LogP contribution in [0.3, 0.4) is 0 Å². The second-order valence-electron chi connectivity index (χ2n) is 5.06. The highest BCUT2D eigenvalue weighted by Gasteiger charge is 2.14. The minimum absolute atomic E-state index is 0.135. The highest BCUT2D eigenvalue weighted by atomic mass is 79.9. The van der Waals surface area contributed by atoms with E-state index in [1.54, 1.807) is 12.1 Å². The van der Waals surface area contributed by atoms with Crippen LogP contribution in [0.25, 0.3) is 10.2 Å². The number of hydrogen-bond donors (Lipinski definition) is 2. The molecule has 0 atom stereocenters. The number of amides is 1. The molecule has 3 rings (SSSR count). The van der Waals surface area contributed by atoms with Crippen molar-refractivity contribution >= 4 is 54.2 Å². The monoisotopic (exact) mass is 375 g/mol. The molecular formula is C16H14BrN3OS. The maximum atomic E-state index is 12.4. The number of halogens is 1. The molecule has 0 aliphatic rings. The zero-order valence-electron chi connectivity index (χ0n) is 12.1. The van der Waals surface area contributed by atoms with Crippen LogP contribution in [-0.2, 0) is 0 Å². The quantitative estimate of drug-likeness (QED) is 0.692. The first kappa shape index (κ1) is 15.0. The molecule has 2 aromatic carbocycles. The largest absolute Gasteiger partial charge is 0.375 e. The Morgan fingerprint density at radius 2 is 2.09 bits per heavy atom. The van der Waals surface area contributed by atoms with Crippen LogP contribution >= 0.6 is 27.3 Å². The van der Waals surface area contributed by atoms with Crippen LogP contribution in [0.15, 0.2) is 34.8 Å². The number of aryl methyl sites for hydroxylation is 2. The molecule has 6 heteroatoms. The van der Waals surface area contributed by atoms with Crippen LogP contribution in [-0.4, -0.2) is 10.9 Å². The van der Waals surface area contributed by atoms with Gasteiger partial charge in [0.05, 0.1) is 10.2 Å². The molecule has 0 aliphatic carbocycles. The first-order valence-electron chi connectivity index (χ1n) is 6.69. The van der Waals surface area contributed by atoms with Gasteiger partial charge in [0.15, 0.2) is 5.13 Å². The molecule has 3 N–H and O–H groups in total. The van der Waals surface area contributed by atoms with Crippen LogP contribution in [0.1, 0.15) is 21.5 Å². The molecule has 1 aromatic heterocycles. The summed E-state index contributed by atoms with van der Waals surface area (Å²) < 4.78 is 1.88. The van der Waals surface area contributed by atoms with E-state index in [1.807, 2.05) is 32.0 Å². The Kier molecular flexibility index (Phi) is 3.88. The van der Waals surface area contributed by atoms with Gasteiger partial charge in [-0.2, -0.15) is 0 Å². The molecule has 1 heterocycles. The summed E-state index contributed by atoms with van der Waals surface area (Å²) in [4.78, 5) is 16.7. The third-order valence-corrected chi connectivity index (χ3v) is 4.97. The summed E-state index contributed by atoms with van der Waals surface area (Å²) in [5.74, 6) is -0.135. The Balaban J connectivity index is 2.01. The average molecular weight is 376 g/mol. The van der Waals surface area contributed by atoms with Gasteiger partial charge in [-0.1, -0.05) is 33.3 Å². The zero-order valence-corrected chi connectivity index (χ0v) is 14.5. The fourth-order valence-corrected chi connectivity index (χ4v) is 3.63. The van der Waals surface area contributed by atoms with Crippen LogP contribution < -0.4 is 11.1 Å². The van der Waals surface area contributed by atoms with Crippen LogP contribution in [0.4, 0.5) is 10.8 Å². The molecule has 0 saturated carbocycles. The van der Waals surface area contributed by atoms with Crippen molar-refractivity contribution in [1.29, 1.82) is 0 Å². The Labute approximate surface area is 140 Å². The first-order chi connectivity index (χ1) is 10.5. The Morgan fingerprint density at radius 1 is 1.32 bits per heavy atom. The summed E-state index contributed by atoms with van der Waals surface area (Å²) in [6.07, 6.45) is 0. The normalized spacial score (nSPS) is 10.9. The second-order valence-corrected chi connectivity index (χ2v) is 7.00. The number of nitrogens with zero attached hydrogens (tertiary/aromatic N) is 1. The molecule has 0 aliphatic heterocycles. The Hall–Kier alpha value is -1.92. The number of fused-ring (bicyclic) bond motifs is 1. The summed E-state index contributed by atoms with van der Waals surface area (Å²) >= 11 is 4.81. The number of hydrogen-bond acceptors (Lipinski definition) is 4. The molecule has 0 spiro atoms. The molecule has 0 fully saturated rings. The molecule has 0 bridgehead atoms. The van der Waals surface area contributed by atoms with E-state index >= 15 is 0 Å². The third-order valence-electron chi connectivity index (χ3n) is 3.46. The lowest BCUT2D eigenvalue weighted by Gasteiger charge is -2.12. The Morgan fingerprint density at radius 3 is 2.82 bits per heavy atom. The number of nitrogens with one attached hydrogen (secondary N) is 1. The lowest BCUT2D eigenvalue weighted by atomic mass is 10.1. The molecule has 22 heavy (non-hydrogen) atoms. The minimum Gasteiger partial charge on any atom is -0.375 e. The molecule has 0 radical (unpaired) electrons. The number of aromatic nitrogens is 1. The van der Waals surface area contributed by atoms with Gasteiger partial charge < -0.3 is 11.1 Å². The third kappa shape index (κ3) is 2.71. The van der Waals surface area contributed by atoms with Gasteiger partial charge in [-0.15, -0.1) is 0 Å². The first-order valence-corrected chi connectivity index (χ1v) is 8.30. The predicted molar refractivity (Wildman–Crippen MR) is 95.6 cm³/mol. The van der Waals surface area contributed by atoms with Crippen LogP contribution in [0, 0.1) is 13.8 Å². The van der Waals surface area contributed by atoms with E-state index in [9.17, 15) is 4.79 Å². The van der Waals surface area contributed by atoms with E-state index < -0.39 is 0 Å². The number of carbonyl (C=O) groups excluding carboxylic acids is 1. The van der Waals surface area contributed by atoms with Crippen molar-refractivity contribution in [2.24, 2.45) is 0 Å². The number of nitrogens with two attached hydrogens (primary N) is 1. The number of rotatable bonds is 2. The molecule has 0 unspecified atom stereocenters. The predicted octanol–water partition coefficient (Wildman–Crippen LogP) is 4.51. The molecule has 4 nitrogen and oxygen atoms in total. The summed E-state index contributed by atoms with van der Waals surface area (Å²) in [5.41, 5.74) is 10.0. The van der Waals surface area contributed by atoms with Gasteiger partial charge in [-0.25, -0.2) is 4.98 Å². The van der Waals surface area contributed by atoms with Crippen molar-refractivity contribution in [2.75, 3.05) is 11.1 Å². The molecule has 3 aromatic rings. The highest BCUT2D eigenvalue weighted by Crippen LogP contribution is 2.34. The van der Waals surface area contributed by atoms with E-state index in [1.165, 1.54) is 11.3 Å². The number of nitrogen functional groups attached to an aromatic ring is 1. The summed E-state index contributed by atoms with van der Waals surface area (Å²) in [5, 5.41) is 3.54. The summed E-state index contributed by atoms with van der Waals surface area (Å²) in [6, 6.07) is 9.26. The highest BCUT2D eigenvalue weighted by molar-refractivity contribution is 9.10. The van der Waals surface area contributed by atoms with Gasteiger partial charge in [0.25, 0.3) is 5.91 Å². The molecule has 1 amide bonds. The van der Waals surface area contributed by atoms with Gasteiger partial charge in [0, 0.05) is 15.7 Å². The number of anilines is 2. The van der Waals surface area contributed by atoms with Crippen molar-refractivity contribution in [1.82, 2.24) is 4.98 Å². The lowest BCUT2D eigenvalue weighted by molar-refractivity contribution is 0.102. The van der Waals surface area contributed by atoms with E-state index in [2.05, 4.69) is 26.2 Å². The van der Waals surface area contributed by atoms with E-state index in [-0.39, 0.29) is 5.91 Å². The fraction of sp³-hybridized carbons (Fsp3) is 0.125. The van der Waals surface area contributed by atoms with Gasteiger partial charge in [-0.3, -0.25) is 4.79 Å². The van der Waals surface area contributed by atoms with E-state index in [4.69, 9.17) is 5.73 Å². The van der Waals surface area contributed by atoms with Gasteiger partial charge in [0.2, 0.25) is 0 Å². The van der Waals surface area contributed by atoms with E-state index in [0.29, 0.717) is 10.7 Å². The molecular weight excluding hydrogens is 362 g/mol. The molecule has 0 saturated heterocycles. The number of benzene rings is 2. The van der Waals surface area contributed by atoms with Crippen LogP contribution in [0.5, 0.6) is 0 Å². The number of carbonyl (C=O) groups is 1. The standard InChI is InChI=1S/C16H14BrN3OS/c1-8-6-12-14(22-16(18)19-12)9(2)13(8)20-15(21)10-4-3-5-11(17)7-10/h3-7H,1-2H3,(H2,18,19)(H,20,21).